The fraction of sp³-hybridized carbons (Fsp3) is 0.158. The summed E-state index contributed by atoms with van der Waals surface area (Å²) in [7, 11) is 0. The first-order valence-electron chi connectivity index (χ1n) is 8.40. The van der Waals surface area contributed by atoms with Crippen LogP contribution in [0.3, 0.4) is 0 Å². The number of thioether (sulfide) groups is 1. The van der Waals surface area contributed by atoms with Crippen LogP contribution in [0.1, 0.15) is 16.8 Å². The molecule has 0 saturated heterocycles. The molecule has 0 aliphatic heterocycles. The molecule has 1 heterocycles. The molecule has 0 fully saturated rings. The number of hydrogen-bond acceptors (Lipinski definition) is 6. The zero-order chi connectivity index (χ0) is 20.1. The molecule has 1 aromatic heterocycles. The Morgan fingerprint density at radius 1 is 1.18 bits per heavy atom. The number of anilines is 1. The summed E-state index contributed by atoms with van der Waals surface area (Å²) >= 11 is 6.91. The van der Waals surface area contributed by atoms with E-state index in [0.717, 1.165) is 33.3 Å². The molecule has 7 nitrogen and oxygen atoms in total. The molecule has 3 rings (SSSR count). The van der Waals surface area contributed by atoms with E-state index in [1.165, 1.54) is 0 Å². The lowest BCUT2D eigenvalue weighted by Crippen LogP contribution is -2.34. The molecule has 1 amide bonds. The molecular formula is C19H18ClN5O2S. The lowest BCUT2D eigenvalue weighted by atomic mass is 10.1. The molecule has 0 atom stereocenters. The first kappa shape index (κ1) is 19.9. The quantitative estimate of drug-likeness (QED) is 0.474. The molecule has 9 heteroatoms. The van der Waals surface area contributed by atoms with Crippen LogP contribution < -0.4 is 16.7 Å². The van der Waals surface area contributed by atoms with Gasteiger partial charge in [-0.3, -0.25) is 9.59 Å². The maximum atomic E-state index is 12.4. The van der Waals surface area contributed by atoms with Crippen LogP contribution in [0.15, 0.2) is 58.5 Å². The Hall–Kier alpha value is -2.84. The van der Waals surface area contributed by atoms with Crippen LogP contribution in [0.4, 0.5) is 5.69 Å². The predicted octanol–water partition coefficient (Wildman–Crippen LogP) is 2.64. The van der Waals surface area contributed by atoms with Crippen molar-refractivity contribution in [1.82, 2.24) is 14.9 Å². The summed E-state index contributed by atoms with van der Waals surface area (Å²) in [5.41, 5.74) is 2.34. The SMILES string of the molecule is Cc1ccccc1NC(=O)CSc1nnc(Cc2ccc(Cl)cc2)c(=O)n1N. The third-order valence-electron chi connectivity index (χ3n) is 3.96. The summed E-state index contributed by atoms with van der Waals surface area (Å²) < 4.78 is 0.921. The van der Waals surface area contributed by atoms with Gasteiger partial charge in [0.15, 0.2) is 0 Å². The molecule has 0 spiro atoms. The predicted molar refractivity (Wildman–Crippen MR) is 111 cm³/mol. The molecule has 0 aliphatic carbocycles. The normalized spacial score (nSPS) is 10.6. The lowest BCUT2D eigenvalue weighted by Gasteiger charge is -2.09. The third kappa shape index (κ3) is 4.90. The van der Waals surface area contributed by atoms with Crippen molar-refractivity contribution in [3.63, 3.8) is 0 Å². The van der Waals surface area contributed by atoms with Gasteiger partial charge in [-0.05, 0) is 36.2 Å². The van der Waals surface area contributed by atoms with Gasteiger partial charge in [0.05, 0.1) is 5.75 Å². The molecule has 3 N–H and O–H groups in total. The molecule has 0 bridgehead atoms. The van der Waals surface area contributed by atoms with E-state index in [9.17, 15) is 9.59 Å². The maximum Gasteiger partial charge on any atom is 0.294 e. The van der Waals surface area contributed by atoms with Crippen molar-refractivity contribution in [2.75, 3.05) is 16.9 Å². The highest BCUT2D eigenvalue weighted by Crippen LogP contribution is 2.16. The minimum absolute atomic E-state index is 0.0518. The van der Waals surface area contributed by atoms with Crippen molar-refractivity contribution in [2.45, 2.75) is 18.5 Å². The van der Waals surface area contributed by atoms with E-state index in [4.69, 9.17) is 17.4 Å². The zero-order valence-electron chi connectivity index (χ0n) is 15.1. The number of para-hydroxylation sites is 1. The lowest BCUT2D eigenvalue weighted by molar-refractivity contribution is -0.113. The molecule has 0 saturated carbocycles. The molecule has 144 valence electrons. The average molecular weight is 416 g/mol. The number of halogens is 1. The molecule has 2 aromatic carbocycles. The molecule has 0 radical (unpaired) electrons. The largest absolute Gasteiger partial charge is 0.334 e. The molecule has 3 aromatic rings. The highest BCUT2D eigenvalue weighted by Gasteiger charge is 2.13. The smallest absolute Gasteiger partial charge is 0.294 e. The van der Waals surface area contributed by atoms with Crippen molar-refractivity contribution in [3.8, 4) is 0 Å². The van der Waals surface area contributed by atoms with Gasteiger partial charge in [-0.2, -0.15) is 4.68 Å². The van der Waals surface area contributed by atoms with Gasteiger partial charge < -0.3 is 11.2 Å². The van der Waals surface area contributed by atoms with Crippen molar-refractivity contribution in [1.29, 1.82) is 0 Å². The number of nitrogens with two attached hydrogens (primary N) is 1. The summed E-state index contributed by atoms with van der Waals surface area (Å²) in [6.45, 7) is 1.91. The van der Waals surface area contributed by atoms with Crippen LogP contribution in [0, 0.1) is 6.92 Å². The van der Waals surface area contributed by atoms with Gasteiger partial charge in [0, 0.05) is 17.1 Å². The van der Waals surface area contributed by atoms with Crippen molar-refractivity contribution in [3.05, 3.63) is 80.7 Å². The van der Waals surface area contributed by atoms with Gasteiger partial charge in [0.2, 0.25) is 11.1 Å². The van der Waals surface area contributed by atoms with Crippen molar-refractivity contribution < 1.29 is 4.79 Å². The Labute approximate surface area is 170 Å². The fourth-order valence-electron chi connectivity index (χ4n) is 2.45. The van der Waals surface area contributed by atoms with Crippen LogP contribution >= 0.6 is 23.4 Å². The van der Waals surface area contributed by atoms with Crippen LogP contribution in [0.2, 0.25) is 5.02 Å². The first-order valence-corrected chi connectivity index (χ1v) is 9.77. The summed E-state index contributed by atoms with van der Waals surface area (Å²) in [5.74, 6) is 5.68. The molecule has 28 heavy (non-hydrogen) atoms. The van der Waals surface area contributed by atoms with Gasteiger partial charge >= 0.3 is 0 Å². The Morgan fingerprint density at radius 2 is 1.89 bits per heavy atom. The van der Waals surface area contributed by atoms with Crippen LogP contribution in [0.25, 0.3) is 0 Å². The Bertz CT molecular complexity index is 1050. The maximum absolute atomic E-state index is 12.4. The van der Waals surface area contributed by atoms with E-state index in [1.54, 1.807) is 12.1 Å². The second kappa shape index (κ2) is 8.90. The number of aromatic nitrogens is 3. The molecular weight excluding hydrogens is 398 g/mol. The monoisotopic (exact) mass is 415 g/mol. The number of nitrogen functional groups attached to an aromatic ring is 1. The van der Waals surface area contributed by atoms with Gasteiger partial charge in [-0.15, -0.1) is 10.2 Å². The standard InChI is InChI=1S/C19H18ClN5O2S/c1-12-4-2-3-5-15(12)22-17(26)11-28-19-24-23-16(18(27)25(19)21)10-13-6-8-14(20)9-7-13/h2-9H,10-11,21H2,1H3,(H,22,26). The summed E-state index contributed by atoms with van der Waals surface area (Å²) in [6.07, 6.45) is 0.291. The second-order valence-electron chi connectivity index (χ2n) is 6.06. The molecule has 0 aliphatic rings. The van der Waals surface area contributed by atoms with Crippen molar-refractivity contribution in [2.24, 2.45) is 0 Å². The summed E-state index contributed by atoms with van der Waals surface area (Å²) in [5, 5.41) is 11.6. The third-order valence-corrected chi connectivity index (χ3v) is 5.16. The van der Waals surface area contributed by atoms with E-state index in [-0.39, 0.29) is 22.5 Å². The van der Waals surface area contributed by atoms with E-state index in [1.807, 2.05) is 43.3 Å². The number of carbonyl (C=O) groups is 1. The zero-order valence-corrected chi connectivity index (χ0v) is 16.6. The van der Waals surface area contributed by atoms with Gasteiger partial charge in [0.1, 0.15) is 5.69 Å². The number of hydrogen-bond donors (Lipinski definition) is 2. The van der Waals surface area contributed by atoms with Crippen LogP contribution in [0.5, 0.6) is 0 Å². The topological polar surface area (TPSA) is 103 Å². The van der Waals surface area contributed by atoms with E-state index < -0.39 is 5.56 Å². The van der Waals surface area contributed by atoms with E-state index >= 15 is 0 Å². The highest BCUT2D eigenvalue weighted by molar-refractivity contribution is 7.99. The van der Waals surface area contributed by atoms with E-state index in [2.05, 4.69) is 15.5 Å². The van der Waals surface area contributed by atoms with Gasteiger partial charge in [0.25, 0.3) is 5.56 Å². The number of benzene rings is 2. The highest BCUT2D eigenvalue weighted by atomic mass is 35.5. The summed E-state index contributed by atoms with van der Waals surface area (Å²) in [4.78, 5) is 24.6. The fourth-order valence-corrected chi connectivity index (χ4v) is 3.23. The Balaban J connectivity index is 1.65. The Kier molecular flexibility index (Phi) is 6.33. The Morgan fingerprint density at radius 3 is 2.61 bits per heavy atom. The summed E-state index contributed by atoms with van der Waals surface area (Å²) in [6, 6.07) is 14.6. The van der Waals surface area contributed by atoms with Gasteiger partial charge in [-0.25, -0.2) is 0 Å². The molecule has 0 unspecified atom stereocenters. The minimum atomic E-state index is -0.452. The number of carbonyl (C=O) groups excluding carboxylic acids is 1. The van der Waals surface area contributed by atoms with E-state index in [0.29, 0.717) is 11.4 Å². The van der Waals surface area contributed by atoms with Gasteiger partial charge in [-0.1, -0.05) is 53.7 Å². The van der Waals surface area contributed by atoms with Crippen molar-refractivity contribution >= 4 is 35.0 Å². The number of amides is 1. The number of nitrogens with one attached hydrogen (secondary N) is 1. The van der Waals surface area contributed by atoms with Crippen LogP contribution in [-0.2, 0) is 11.2 Å². The minimum Gasteiger partial charge on any atom is -0.334 e. The number of nitrogens with zero attached hydrogens (tertiary/aromatic N) is 3. The number of rotatable bonds is 6. The van der Waals surface area contributed by atoms with Crippen LogP contribution in [-0.4, -0.2) is 26.5 Å². The first-order chi connectivity index (χ1) is 13.4. The second-order valence-corrected chi connectivity index (χ2v) is 7.44. The number of aryl methyl sites for hydroxylation is 1. The average Bonchev–Trinajstić information content (AvgIpc) is 2.68.